The van der Waals surface area contributed by atoms with Crippen LogP contribution in [0, 0.1) is 10.8 Å². The minimum absolute atomic E-state index is 0.0423. The van der Waals surface area contributed by atoms with Gasteiger partial charge in [-0.15, -0.1) is 0 Å². The fraction of sp³-hybridized carbons (Fsp3) is 0.569. The minimum Gasteiger partial charge on any atom is -0.457 e. The number of rotatable bonds is 13. The van der Waals surface area contributed by atoms with Gasteiger partial charge in [0, 0.05) is 91.7 Å². The van der Waals surface area contributed by atoms with Gasteiger partial charge in [0.05, 0.1) is 48.5 Å². The number of hydrogen-bond donors (Lipinski definition) is 3. The highest BCUT2D eigenvalue weighted by Gasteiger charge is 2.76. The maximum absolute atomic E-state index is 16.9. The third-order valence-electron chi connectivity index (χ3n) is 16.4. The number of Topliss-reactive ketones (excluding diaryl/α,β-unsaturated/α-hetero) is 1. The number of aromatic nitrogens is 2. The van der Waals surface area contributed by atoms with Crippen molar-refractivity contribution in [1.82, 2.24) is 39.8 Å². The van der Waals surface area contributed by atoms with Gasteiger partial charge in [0.15, 0.2) is 5.78 Å². The molecule has 1 saturated carbocycles. The summed E-state index contributed by atoms with van der Waals surface area (Å²) in [6, 6.07) is 24.0. The van der Waals surface area contributed by atoms with Gasteiger partial charge in [0.25, 0.3) is 0 Å². The highest BCUT2D eigenvalue weighted by molar-refractivity contribution is 6.30. The van der Waals surface area contributed by atoms with E-state index in [4.69, 9.17) is 21.1 Å². The number of hydrogen-bond acceptors (Lipinski definition) is 11. The van der Waals surface area contributed by atoms with Gasteiger partial charge >= 0.3 is 0 Å². The molecule has 1 aromatic heterocycles. The maximum Gasteiger partial charge on any atom is 0.153 e. The molecule has 9 rings (SSSR count). The number of aliphatic hydroxyl groups excluding tert-OH is 1. The van der Waals surface area contributed by atoms with Crippen LogP contribution in [0.25, 0.3) is 11.3 Å². The lowest BCUT2D eigenvalue weighted by atomic mass is 9.54. The number of piperidine rings is 1. The zero-order valence-corrected chi connectivity index (χ0v) is 39.8. The molecule has 3 N–H and O–H groups in total. The van der Waals surface area contributed by atoms with Gasteiger partial charge in [-0.25, -0.2) is 4.98 Å². The van der Waals surface area contributed by atoms with Crippen molar-refractivity contribution in [2.75, 3.05) is 55.1 Å². The molecule has 344 valence electrons. The Bertz CT molecular complexity index is 2270. The Balaban J connectivity index is 1.12. The fourth-order valence-electron chi connectivity index (χ4n) is 13.4. The number of ether oxygens (including phenoxy) is 2. The highest BCUT2D eigenvalue weighted by atomic mass is 35.5. The largest absolute Gasteiger partial charge is 0.457 e. The van der Waals surface area contributed by atoms with Gasteiger partial charge in [0.2, 0.25) is 0 Å². The van der Waals surface area contributed by atoms with Crippen LogP contribution < -0.4 is 15.4 Å². The lowest BCUT2D eigenvalue weighted by Crippen LogP contribution is -2.73. The molecule has 4 saturated heterocycles. The molecule has 3 aromatic carbocycles. The van der Waals surface area contributed by atoms with E-state index >= 15 is 4.79 Å². The highest BCUT2D eigenvalue weighted by Crippen LogP contribution is 2.61. The van der Waals surface area contributed by atoms with Crippen LogP contribution in [-0.2, 0) is 36.1 Å². The zero-order chi connectivity index (χ0) is 45.1. The van der Waals surface area contributed by atoms with Crippen molar-refractivity contribution in [2.45, 2.75) is 113 Å². The molecular formula is C51H69ClN8O4. The number of carbonyl (C=O) groups is 1. The first-order valence-corrected chi connectivity index (χ1v) is 23.8. The predicted octanol–water partition coefficient (Wildman–Crippen LogP) is 5.85. The quantitative estimate of drug-likeness (QED) is 0.151. The summed E-state index contributed by atoms with van der Waals surface area (Å²) in [5, 5.41) is 20.3. The molecule has 13 heteroatoms. The van der Waals surface area contributed by atoms with E-state index in [9.17, 15) is 5.11 Å². The minimum atomic E-state index is -0.850. The summed E-state index contributed by atoms with van der Waals surface area (Å²) in [6.07, 6.45) is 6.12. The summed E-state index contributed by atoms with van der Waals surface area (Å²) in [6.45, 7) is 7.06. The second kappa shape index (κ2) is 18.2. The standard InChI is InChI=1S/C51H69ClN8O4/c1-9-50-44-22-23-45(50)60(28-35-12-10-11-13-42(35)64-38-20-16-34(17-21-38)40-27-54-46(59(40)7)29-56(3)4)41(31-63-8)47-51(49(50)62)43(53-26-32(2)57(44)5)25-37(24-33-14-18-36(52)19-15-33)58(6)48(51)39(30-61)55-47/h10-21,27,32,37,39,41,43-45,47-48,53,55,61H,9,22-26,28-31H2,1-8H3/t32-,37-,39+,41+,43?,44?,45?,47?,48?,50?,51?/m0/s1. The molecule has 12 nitrogen and oxygen atoms in total. The SMILES string of the molecule is CCC12C(=O)C34C5C[C@H](Cc6ccc(Cl)cc6)N(C)C3[C@@H](CO)NC4[C@@H](COC)N(Cc3ccccc3Oc3ccc(-c4cnc(CN(C)C)n4C)cc3)C1CCC2N(C)[C@@H](C)CN5. The van der Waals surface area contributed by atoms with Crippen molar-refractivity contribution in [3.05, 3.63) is 101 Å². The molecular weight excluding hydrogens is 824 g/mol. The topological polar surface area (TPSA) is 111 Å². The third-order valence-corrected chi connectivity index (χ3v) is 16.7. The van der Waals surface area contributed by atoms with Crippen molar-refractivity contribution in [3.63, 3.8) is 0 Å². The Hall–Kier alpha value is -3.69. The molecule has 11 atom stereocenters. The molecule has 4 aliphatic heterocycles. The van der Waals surface area contributed by atoms with Crippen LogP contribution in [0.1, 0.15) is 56.5 Å². The molecule has 1 spiro atoms. The molecule has 4 aromatic rings. The van der Waals surface area contributed by atoms with Gasteiger partial charge in [-0.05, 0) is 115 Å². The van der Waals surface area contributed by atoms with E-state index < -0.39 is 10.8 Å². The van der Waals surface area contributed by atoms with E-state index in [0.29, 0.717) is 18.9 Å². The monoisotopic (exact) mass is 893 g/mol. The first-order valence-electron chi connectivity index (χ1n) is 23.5. The Labute approximate surface area is 385 Å². The smallest absolute Gasteiger partial charge is 0.153 e. The molecule has 2 bridgehead atoms. The lowest BCUT2D eigenvalue weighted by molar-refractivity contribution is -0.154. The second-order valence-electron chi connectivity index (χ2n) is 19.8. The van der Waals surface area contributed by atoms with Gasteiger partial charge in [0.1, 0.15) is 17.3 Å². The van der Waals surface area contributed by atoms with E-state index in [1.165, 1.54) is 5.56 Å². The molecule has 5 aliphatic rings. The first-order chi connectivity index (χ1) is 30.9. The third kappa shape index (κ3) is 7.45. The number of nitrogens with zero attached hydrogens (tertiary/aromatic N) is 6. The van der Waals surface area contributed by atoms with Crippen LogP contribution in [0.5, 0.6) is 11.5 Å². The molecule has 0 amide bonds. The van der Waals surface area contributed by atoms with E-state index in [2.05, 4.69) is 131 Å². The van der Waals surface area contributed by atoms with Crippen molar-refractivity contribution < 1.29 is 19.4 Å². The van der Waals surface area contributed by atoms with Crippen molar-refractivity contribution in [3.8, 4) is 22.8 Å². The predicted molar refractivity (Wildman–Crippen MR) is 253 cm³/mol. The number of benzene rings is 3. The maximum atomic E-state index is 16.9. The Morgan fingerprint density at radius 2 is 1.72 bits per heavy atom. The number of methoxy groups -OCH3 is 1. The van der Waals surface area contributed by atoms with E-state index in [0.717, 1.165) is 84.4 Å². The van der Waals surface area contributed by atoms with Crippen LogP contribution in [-0.4, -0.2) is 149 Å². The normalized spacial score (nSPS) is 33.2. The number of nitrogens with one attached hydrogen (secondary N) is 2. The fourth-order valence-corrected chi connectivity index (χ4v) is 13.5. The average molecular weight is 894 g/mol. The summed E-state index contributed by atoms with van der Waals surface area (Å²) in [4.78, 5) is 31.3. The number of imidazole rings is 1. The summed E-state index contributed by atoms with van der Waals surface area (Å²) in [5.41, 5.74) is 2.88. The van der Waals surface area contributed by atoms with Gasteiger partial charge < -0.3 is 34.7 Å². The molecule has 1 aliphatic carbocycles. The van der Waals surface area contributed by atoms with Crippen LogP contribution in [0.15, 0.2) is 79.0 Å². The van der Waals surface area contributed by atoms with E-state index in [1.54, 1.807) is 7.11 Å². The number of likely N-dealkylation sites (N-methyl/N-ethyl adjacent to an activating group) is 2. The Morgan fingerprint density at radius 3 is 2.42 bits per heavy atom. The van der Waals surface area contributed by atoms with Crippen LogP contribution >= 0.6 is 11.6 Å². The second-order valence-corrected chi connectivity index (χ2v) is 20.2. The summed E-state index contributed by atoms with van der Waals surface area (Å²) in [7, 11) is 12.4. The number of aliphatic hydroxyl groups is 1. The molecule has 0 radical (unpaired) electrons. The Kier molecular flexibility index (Phi) is 12.9. The molecule has 7 unspecified atom stereocenters. The first kappa shape index (κ1) is 45.5. The average Bonchev–Trinajstić information content (AvgIpc) is 3.97. The molecule has 5 fully saturated rings. The van der Waals surface area contributed by atoms with Gasteiger partial charge in [-0.2, -0.15) is 0 Å². The number of likely N-dealkylation sites (tertiary alicyclic amines) is 2. The number of halogens is 1. The van der Waals surface area contributed by atoms with E-state index in [-0.39, 0.29) is 61.0 Å². The van der Waals surface area contributed by atoms with Crippen molar-refractivity contribution >= 4 is 17.4 Å². The van der Waals surface area contributed by atoms with Crippen LogP contribution in [0.2, 0.25) is 5.02 Å². The summed E-state index contributed by atoms with van der Waals surface area (Å²) >= 11 is 6.35. The summed E-state index contributed by atoms with van der Waals surface area (Å²) < 4.78 is 15.2. The van der Waals surface area contributed by atoms with Gasteiger partial charge in [-0.3, -0.25) is 19.5 Å². The number of carbonyl (C=O) groups excluding carboxylic acids is 1. The van der Waals surface area contributed by atoms with Gasteiger partial charge in [-0.1, -0.05) is 48.9 Å². The lowest BCUT2D eigenvalue weighted by Gasteiger charge is -2.57. The van der Waals surface area contributed by atoms with Crippen molar-refractivity contribution in [2.24, 2.45) is 17.9 Å². The van der Waals surface area contributed by atoms with Crippen molar-refractivity contribution in [1.29, 1.82) is 0 Å². The number of para-hydroxylation sites is 1. The van der Waals surface area contributed by atoms with E-state index in [1.807, 2.05) is 36.5 Å². The van der Waals surface area contributed by atoms with Crippen LogP contribution in [0.3, 0.4) is 0 Å². The summed E-state index contributed by atoms with van der Waals surface area (Å²) in [5.74, 6) is 2.92. The molecule has 64 heavy (non-hydrogen) atoms. The Morgan fingerprint density at radius 1 is 0.984 bits per heavy atom. The number of ketones is 1. The zero-order valence-electron chi connectivity index (χ0n) is 39.0. The van der Waals surface area contributed by atoms with Crippen LogP contribution in [0.4, 0.5) is 0 Å². The molecule has 5 heterocycles.